The van der Waals surface area contributed by atoms with Gasteiger partial charge in [-0.2, -0.15) is 0 Å². The van der Waals surface area contributed by atoms with E-state index in [1.165, 1.54) is 0 Å². The number of ether oxygens (including phenoxy) is 2. The van der Waals surface area contributed by atoms with Crippen LogP contribution < -0.4 is 5.73 Å². The van der Waals surface area contributed by atoms with Crippen molar-refractivity contribution in [2.24, 2.45) is 10.2 Å². The van der Waals surface area contributed by atoms with Crippen molar-refractivity contribution in [3.8, 4) is 0 Å². The number of rotatable bonds is 3. The first-order valence-corrected chi connectivity index (χ1v) is 4.45. The summed E-state index contributed by atoms with van der Waals surface area (Å²) in [6, 6.07) is 0. The zero-order valence-corrected chi connectivity index (χ0v) is 8.48. The smallest absolute Gasteiger partial charge is 0.375 e. The van der Waals surface area contributed by atoms with Gasteiger partial charge in [0, 0.05) is 0 Å². The molecule has 0 aromatic carbocycles. The van der Waals surface area contributed by atoms with E-state index in [-0.39, 0.29) is 31.6 Å². The molecule has 0 saturated carbocycles. The number of hydrogen-bond acceptors (Lipinski definition) is 10. The fourth-order valence-electron chi connectivity index (χ4n) is 1.11. The van der Waals surface area contributed by atoms with Crippen LogP contribution in [0.1, 0.15) is 0 Å². The fourth-order valence-corrected chi connectivity index (χ4v) is 1.11. The highest BCUT2D eigenvalue weighted by Gasteiger charge is 2.47. The minimum absolute atomic E-state index is 0.0151. The molecule has 2 N–H and O–H groups in total. The highest BCUT2D eigenvalue weighted by molar-refractivity contribution is 5.48. The third kappa shape index (κ3) is 2.19. The highest BCUT2D eigenvalue weighted by Crippen LogP contribution is 2.22. The molecule has 11 heteroatoms. The lowest BCUT2D eigenvalue weighted by molar-refractivity contribution is -0.586. The second kappa shape index (κ2) is 4.39. The lowest BCUT2D eigenvalue weighted by Crippen LogP contribution is -2.48. The van der Waals surface area contributed by atoms with Crippen LogP contribution in [0.15, 0.2) is 14.9 Å². The van der Waals surface area contributed by atoms with Crippen LogP contribution in [0.3, 0.4) is 0 Å². The zero-order valence-electron chi connectivity index (χ0n) is 8.48. The predicted octanol–water partition coefficient (Wildman–Crippen LogP) is -0.287. The monoisotopic (exact) mass is 244 g/mol. The van der Waals surface area contributed by atoms with Crippen LogP contribution in [0.5, 0.6) is 0 Å². The van der Waals surface area contributed by atoms with Crippen molar-refractivity contribution in [2.75, 3.05) is 25.7 Å². The van der Waals surface area contributed by atoms with Crippen LogP contribution in [-0.4, -0.2) is 40.9 Å². The van der Waals surface area contributed by atoms with Crippen LogP contribution >= 0.6 is 0 Å². The fraction of sp³-hybridized carbons (Fsp3) is 0.667. The second-order valence-corrected chi connectivity index (χ2v) is 3.23. The normalized spacial score (nSPS) is 19.5. The molecule has 1 aromatic rings. The molecule has 11 nitrogen and oxygen atoms in total. The molecule has 1 aromatic heterocycles. The van der Waals surface area contributed by atoms with Crippen LogP contribution in [-0.2, 0) is 9.47 Å². The van der Waals surface area contributed by atoms with E-state index >= 15 is 0 Å². The molecular formula is C6H8N6O5. The van der Waals surface area contributed by atoms with E-state index in [4.69, 9.17) is 15.2 Å². The molecular weight excluding hydrogens is 236 g/mol. The molecule has 1 saturated heterocycles. The van der Waals surface area contributed by atoms with E-state index in [2.05, 4.69) is 25.2 Å². The van der Waals surface area contributed by atoms with Gasteiger partial charge in [0.2, 0.25) is 5.82 Å². The van der Waals surface area contributed by atoms with Gasteiger partial charge in [-0.05, 0) is 10.3 Å². The maximum Gasteiger partial charge on any atom is 0.375 e. The van der Waals surface area contributed by atoms with Crippen molar-refractivity contribution in [1.82, 2.24) is 10.3 Å². The number of nitro groups is 1. The van der Waals surface area contributed by atoms with Gasteiger partial charge in [0.05, 0.1) is 4.92 Å². The summed E-state index contributed by atoms with van der Waals surface area (Å²) in [4.78, 5) is 10.3. The number of hydrogen-bond donors (Lipinski definition) is 1. The maximum absolute atomic E-state index is 10.9. The van der Waals surface area contributed by atoms with Crippen LogP contribution in [0.2, 0.25) is 0 Å². The molecule has 0 amide bonds. The number of anilines is 1. The Balaban J connectivity index is 2.21. The third-order valence-corrected chi connectivity index (χ3v) is 2.00. The zero-order chi connectivity index (χ0) is 12.3. The molecule has 1 aliphatic rings. The Labute approximate surface area is 93.7 Å². The molecule has 1 fully saturated rings. The average Bonchev–Trinajstić information content (AvgIpc) is 2.73. The van der Waals surface area contributed by atoms with Gasteiger partial charge in [0.15, 0.2) is 0 Å². The molecule has 0 atom stereocenters. The Bertz CT molecular complexity index is 438. The second-order valence-electron chi connectivity index (χ2n) is 3.23. The predicted molar refractivity (Wildman–Crippen MR) is 49.7 cm³/mol. The third-order valence-electron chi connectivity index (χ3n) is 2.00. The van der Waals surface area contributed by atoms with Gasteiger partial charge in [0.25, 0.3) is 5.82 Å². The minimum atomic E-state index is -1.79. The number of nitrogen functional groups attached to an aromatic ring is 1. The summed E-state index contributed by atoms with van der Waals surface area (Å²) >= 11 is 0. The van der Waals surface area contributed by atoms with Crippen LogP contribution in [0.4, 0.5) is 11.6 Å². The molecule has 17 heavy (non-hydrogen) atoms. The van der Waals surface area contributed by atoms with E-state index in [1.54, 1.807) is 0 Å². The summed E-state index contributed by atoms with van der Waals surface area (Å²) in [5.74, 6) is -0.235. The largest absolute Gasteiger partial charge is 0.378 e. The number of aromatic nitrogens is 2. The van der Waals surface area contributed by atoms with Crippen molar-refractivity contribution in [3.63, 3.8) is 0 Å². The standard InChI is InChI=1S/C6H8N6O5/c7-4-5(10-17-9-4)8-11-6(12(13)14)1-15-3-16-2-6/h1-3H2,(H2,7,9). The molecule has 0 bridgehead atoms. The van der Waals surface area contributed by atoms with E-state index < -0.39 is 10.6 Å². The first kappa shape index (κ1) is 11.3. The molecule has 2 rings (SSSR count). The van der Waals surface area contributed by atoms with Crippen molar-refractivity contribution in [2.45, 2.75) is 5.66 Å². The lowest BCUT2D eigenvalue weighted by atomic mass is 10.2. The molecule has 0 spiro atoms. The van der Waals surface area contributed by atoms with Crippen molar-refractivity contribution < 1.29 is 19.0 Å². The Kier molecular flexibility index (Phi) is 2.93. The Hall–Kier alpha value is -2.14. The first-order valence-electron chi connectivity index (χ1n) is 4.45. The van der Waals surface area contributed by atoms with Gasteiger partial charge in [0.1, 0.15) is 20.0 Å². The molecule has 92 valence electrons. The van der Waals surface area contributed by atoms with Gasteiger partial charge in [-0.3, -0.25) is 10.1 Å². The highest BCUT2D eigenvalue weighted by atomic mass is 16.7. The van der Waals surface area contributed by atoms with Crippen molar-refractivity contribution in [1.29, 1.82) is 0 Å². The summed E-state index contributed by atoms with van der Waals surface area (Å²) in [5, 5.41) is 24.6. The summed E-state index contributed by atoms with van der Waals surface area (Å²) < 4.78 is 13.9. The maximum atomic E-state index is 10.9. The summed E-state index contributed by atoms with van der Waals surface area (Å²) in [7, 11) is 0. The van der Waals surface area contributed by atoms with E-state index in [0.717, 1.165) is 0 Å². The summed E-state index contributed by atoms with van der Waals surface area (Å²) in [5.41, 5.74) is 3.53. The minimum Gasteiger partial charge on any atom is -0.378 e. The Morgan fingerprint density at radius 2 is 2.12 bits per heavy atom. The summed E-state index contributed by atoms with van der Waals surface area (Å²) in [6.45, 7) is -0.498. The van der Waals surface area contributed by atoms with Crippen molar-refractivity contribution >= 4 is 11.6 Å². The molecule has 1 aliphatic heterocycles. The molecule has 0 aliphatic carbocycles. The topological polar surface area (TPSA) is 151 Å². The van der Waals surface area contributed by atoms with E-state index in [0.29, 0.717) is 0 Å². The molecule has 0 radical (unpaired) electrons. The van der Waals surface area contributed by atoms with Crippen LogP contribution in [0, 0.1) is 10.1 Å². The molecule has 0 unspecified atom stereocenters. The number of nitrogens with zero attached hydrogens (tertiary/aromatic N) is 5. The molecule has 2 heterocycles. The Morgan fingerprint density at radius 1 is 1.41 bits per heavy atom. The SMILES string of the molecule is Nc1nonc1N=NC1([N+](=O)[O-])COCOC1. The van der Waals surface area contributed by atoms with Crippen LogP contribution in [0.25, 0.3) is 0 Å². The first-order chi connectivity index (χ1) is 8.14. The Morgan fingerprint density at radius 3 is 2.65 bits per heavy atom. The lowest BCUT2D eigenvalue weighted by Gasteiger charge is -2.23. The number of nitrogens with two attached hydrogens (primary N) is 1. The number of azo groups is 1. The van der Waals surface area contributed by atoms with E-state index in [9.17, 15) is 10.1 Å². The van der Waals surface area contributed by atoms with Crippen molar-refractivity contribution in [3.05, 3.63) is 10.1 Å². The van der Waals surface area contributed by atoms with Gasteiger partial charge < -0.3 is 15.2 Å². The quantitative estimate of drug-likeness (QED) is 0.432. The average molecular weight is 244 g/mol. The van der Waals surface area contributed by atoms with Gasteiger partial charge >= 0.3 is 5.66 Å². The summed E-state index contributed by atoms with van der Waals surface area (Å²) in [6.07, 6.45) is 0. The van der Waals surface area contributed by atoms with Gasteiger partial charge in [-0.15, -0.1) is 10.2 Å². The van der Waals surface area contributed by atoms with Gasteiger partial charge in [-0.1, -0.05) is 0 Å². The van der Waals surface area contributed by atoms with Gasteiger partial charge in [-0.25, -0.2) is 4.63 Å². The van der Waals surface area contributed by atoms with E-state index in [1.807, 2.05) is 0 Å².